The van der Waals surface area contributed by atoms with Crippen LogP contribution in [0, 0.1) is 13.8 Å². The van der Waals surface area contributed by atoms with E-state index in [4.69, 9.17) is 0 Å². The van der Waals surface area contributed by atoms with Crippen molar-refractivity contribution >= 4 is 8.74 Å². The third-order valence-corrected chi connectivity index (χ3v) is 15.8. The molecular formula is C48H36F2Si. The fraction of sp³-hybridized carbons (Fsp3) is 0.125. The molecule has 0 N–H and O–H groups in total. The Kier molecular flexibility index (Phi) is 6.45. The molecule has 7 aromatic rings. The zero-order valence-corrected chi connectivity index (χ0v) is 29.6. The molecule has 6 aliphatic rings. The minimum atomic E-state index is -5.68. The lowest BCUT2D eigenvalue weighted by atomic mass is 9.59. The molecule has 0 unspecified atom stereocenters. The summed E-state index contributed by atoms with van der Waals surface area (Å²) in [5, 5.41) is -3.19. The summed E-state index contributed by atoms with van der Waals surface area (Å²) in [4.78, 5) is 0. The first kappa shape index (κ1) is 30.4. The summed E-state index contributed by atoms with van der Waals surface area (Å²) < 4.78 is 40.1. The number of halogens is 2. The largest absolute Gasteiger partial charge is 0.462 e. The van der Waals surface area contributed by atoms with Crippen molar-refractivity contribution in [3.05, 3.63) is 248 Å². The number of rotatable bonds is 2. The Bertz CT molecular complexity index is 2230. The average molecular weight is 679 g/mol. The molecule has 7 aromatic carbocycles. The summed E-state index contributed by atoms with van der Waals surface area (Å²) in [5.74, 6) is -0.122. The number of aryl methyl sites for hydroxylation is 2. The highest BCUT2D eigenvalue weighted by Crippen LogP contribution is 2.71. The normalized spacial score (nSPS) is 22.3. The third-order valence-electron chi connectivity index (χ3n) is 12.3. The van der Waals surface area contributed by atoms with E-state index in [0.717, 1.165) is 77.9 Å². The van der Waals surface area contributed by atoms with E-state index in [9.17, 15) is 0 Å². The molecule has 0 saturated heterocycles. The first-order valence-corrected chi connectivity index (χ1v) is 19.7. The van der Waals surface area contributed by atoms with E-state index in [1.54, 1.807) is 0 Å². The van der Waals surface area contributed by atoms with E-state index in [1.807, 2.05) is 133 Å². The Labute approximate surface area is 299 Å². The predicted octanol–water partition coefficient (Wildman–Crippen LogP) is 11.4. The maximum Gasteiger partial charge on any atom is 0.462 e. The molecular weight excluding hydrogens is 643 g/mol. The monoisotopic (exact) mass is 678 g/mol. The van der Waals surface area contributed by atoms with Crippen molar-refractivity contribution in [2.45, 2.75) is 35.8 Å². The van der Waals surface area contributed by atoms with Crippen LogP contribution in [0.5, 0.6) is 0 Å². The van der Waals surface area contributed by atoms with Gasteiger partial charge in [0.2, 0.25) is 0 Å². The molecule has 0 saturated carbocycles. The molecule has 6 aliphatic carbocycles. The average Bonchev–Trinajstić information content (AvgIpc) is 3.18. The Morgan fingerprint density at radius 2 is 0.627 bits per heavy atom. The van der Waals surface area contributed by atoms with Gasteiger partial charge >= 0.3 is 8.74 Å². The van der Waals surface area contributed by atoms with Crippen LogP contribution in [-0.2, 0) is 10.1 Å². The first-order valence-electron chi connectivity index (χ1n) is 17.9. The quantitative estimate of drug-likeness (QED) is 0.126. The zero-order valence-electron chi connectivity index (χ0n) is 28.6. The highest BCUT2D eigenvalue weighted by Gasteiger charge is 2.79. The van der Waals surface area contributed by atoms with Gasteiger partial charge in [-0.2, -0.15) is 0 Å². The van der Waals surface area contributed by atoms with Gasteiger partial charge in [-0.15, -0.1) is 0 Å². The maximum atomic E-state index is 20.0. The van der Waals surface area contributed by atoms with Crippen molar-refractivity contribution in [2.24, 2.45) is 0 Å². The van der Waals surface area contributed by atoms with E-state index < -0.39 is 18.8 Å². The van der Waals surface area contributed by atoms with E-state index in [0.29, 0.717) is 0 Å². The SMILES string of the molecule is Cc1cccc2c1C1c3ccccc3C2([Si](F)(F)C23c4ccccc4C(c4ccccc42)c2c(C)cccc23)c2ccccc21.c1ccccc1. The third kappa shape index (κ3) is 3.57. The highest BCUT2D eigenvalue weighted by molar-refractivity contribution is 6.76. The first-order chi connectivity index (χ1) is 25.0. The number of hydrogen-bond donors (Lipinski definition) is 0. The molecule has 0 heterocycles. The van der Waals surface area contributed by atoms with Crippen molar-refractivity contribution in [3.8, 4) is 0 Å². The van der Waals surface area contributed by atoms with Crippen LogP contribution >= 0.6 is 0 Å². The standard InChI is InChI=1S/C42H30F2Si.C6H6/c1-25-13-11-23-35-37(25)39-27-15-3-7-19-31(27)41(35,32-20-8-4-16-28(32)39)45(43,44)42-33-21-9-5-17-29(33)40(30-18-6-10-22-34(30)42)38-26(2)14-12-24-36(38)42;1-2-4-6-5-3-1/h3-24,39-40H,1-2H3;1-6H. The number of benzene rings is 7. The van der Waals surface area contributed by atoms with Gasteiger partial charge in [-0.3, -0.25) is 8.22 Å². The molecule has 246 valence electrons. The summed E-state index contributed by atoms with van der Waals surface area (Å²) in [6.45, 7) is 4.21. The fourth-order valence-corrected chi connectivity index (χ4v) is 14.6. The van der Waals surface area contributed by atoms with E-state index in [1.165, 1.54) is 0 Å². The van der Waals surface area contributed by atoms with Crippen LogP contribution in [0.1, 0.15) is 89.7 Å². The molecule has 3 heteroatoms. The van der Waals surface area contributed by atoms with Gasteiger partial charge in [-0.25, -0.2) is 0 Å². The molecule has 0 atom stereocenters. The molecule has 0 aromatic heterocycles. The van der Waals surface area contributed by atoms with Crippen LogP contribution in [0.2, 0.25) is 0 Å². The Hall–Kier alpha value is -5.38. The summed E-state index contributed by atoms with van der Waals surface area (Å²) in [6, 6.07) is 56.8. The lowest BCUT2D eigenvalue weighted by molar-refractivity contribution is 0.439. The molecule has 4 bridgehead atoms. The van der Waals surface area contributed by atoms with Gasteiger partial charge < -0.3 is 0 Å². The number of hydrogen-bond acceptors (Lipinski definition) is 0. The molecule has 13 rings (SSSR count). The Balaban J connectivity index is 0.000000498. The summed E-state index contributed by atoms with van der Waals surface area (Å²) in [7, 11) is -5.68. The van der Waals surface area contributed by atoms with Crippen molar-refractivity contribution in [3.63, 3.8) is 0 Å². The van der Waals surface area contributed by atoms with Crippen molar-refractivity contribution in [1.82, 2.24) is 0 Å². The summed E-state index contributed by atoms with van der Waals surface area (Å²) >= 11 is 0. The van der Waals surface area contributed by atoms with Gasteiger partial charge in [0.15, 0.2) is 0 Å². The summed E-state index contributed by atoms with van der Waals surface area (Å²) in [6.07, 6.45) is 0. The van der Waals surface area contributed by atoms with Gasteiger partial charge in [0, 0.05) is 11.8 Å². The Morgan fingerprint density at radius 3 is 0.941 bits per heavy atom. The van der Waals surface area contributed by atoms with E-state index >= 15 is 8.22 Å². The van der Waals surface area contributed by atoms with Crippen LogP contribution < -0.4 is 0 Å². The van der Waals surface area contributed by atoms with E-state index in [-0.39, 0.29) is 11.8 Å². The molecule has 0 radical (unpaired) electrons. The maximum absolute atomic E-state index is 20.0. The minimum Gasteiger partial charge on any atom is -0.267 e. The molecule has 0 spiro atoms. The smallest absolute Gasteiger partial charge is 0.267 e. The molecule has 0 amide bonds. The zero-order chi connectivity index (χ0) is 34.5. The second kappa shape index (κ2) is 10.8. The Morgan fingerprint density at radius 1 is 0.353 bits per heavy atom. The second-order valence-electron chi connectivity index (χ2n) is 14.5. The van der Waals surface area contributed by atoms with Gasteiger partial charge in [0.1, 0.15) is 0 Å². The van der Waals surface area contributed by atoms with Crippen LogP contribution in [0.25, 0.3) is 0 Å². The molecule has 51 heavy (non-hydrogen) atoms. The topological polar surface area (TPSA) is 0 Å². The molecule has 0 nitrogen and oxygen atoms in total. The lowest BCUT2D eigenvalue weighted by Crippen LogP contribution is -2.70. The summed E-state index contributed by atoms with van der Waals surface area (Å²) in [5.41, 5.74) is 13.1. The molecule has 0 aliphatic heterocycles. The van der Waals surface area contributed by atoms with Gasteiger partial charge in [-0.05, 0) is 91.7 Å². The van der Waals surface area contributed by atoms with Gasteiger partial charge in [0.05, 0.1) is 10.1 Å². The second-order valence-corrected chi connectivity index (χ2v) is 17.2. The predicted molar refractivity (Wildman–Crippen MR) is 204 cm³/mol. The lowest BCUT2D eigenvalue weighted by Gasteiger charge is -2.60. The fourth-order valence-electron chi connectivity index (χ4n) is 10.7. The van der Waals surface area contributed by atoms with Gasteiger partial charge in [0.25, 0.3) is 0 Å². The van der Waals surface area contributed by atoms with Crippen molar-refractivity contribution in [2.75, 3.05) is 0 Å². The van der Waals surface area contributed by atoms with Crippen LogP contribution in [0.15, 0.2) is 170 Å². The van der Waals surface area contributed by atoms with Crippen LogP contribution in [0.3, 0.4) is 0 Å². The van der Waals surface area contributed by atoms with Crippen molar-refractivity contribution < 1.29 is 8.22 Å². The minimum absolute atomic E-state index is 0.0611. The highest BCUT2D eigenvalue weighted by atomic mass is 28.4. The van der Waals surface area contributed by atoms with Crippen LogP contribution in [0.4, 0.5) is 8.22 Å². The van der Waals surface area contributed by atoms with Crippen molar-refractivity contribution in [1.29, 1.82) is 0 Å². The van der Waals surface area contributed by atoms with Gasteiger partial charge in [-0.1, -0.05) is 170 Å². The molecule has 0 fully saturated rings. The van der Waals surface area contributed by atoms with Crippen LogP contribution in [-0.4, -0.2) is 8.74 Å². The van der Waals surface area contributed by atoms with E-state index in [2.05, 4.69) is 50.2 Å².